The first-order valence-corrected chi connectivity index (χ1v) is 14.3. The third-order valence-electron chi connectivity index (χ3n) is 9.69. The van der Waals surface area contributed by atoms with Gasteiger partial charge in [-0.15, -0.1) is 0 Å². The van der Waals surface area contributed by atoms with Gasteiger partial charge in [0.25, 0.3) is 0 Å². The molecule has 38 heavy (non-hydrogen) atoms. The molecule has 1 aromatic carbocycles. The normalized spacial score (nSPS) is 33.5. The molecule has 1 aromatic heterocycles. The number of anilines is 2. The number of benzene rings is 1. The smallest absolute Gasteiger partial charge is 0.224 e. The summed E-state index contributed by atoms with van der Waals surface area (Å²) >= 11 is 0. The number of aromatic nitrogens is 2. The zero-order valence-corrected chi connectivity index (χ0v) is 22.3. The van der Waals surface area contributed by atoms with E-state index in [9.17, 15) is 10.4 Å². The third-order valence-corrected chi connectivity index (χ3v) is 9.69. The Bertz CT molecular complexity index is 1160. The third kappa shape index (κ3) is 5.19. The second kappa shape index (κ2) is 10.7. The minimum Gasteiger partial charge on any atom is -0.496 e. The predicted molar refractivity (Wildman–Crippen MR) is 147 cm³/mol. The van der Waals surface area contributed by atoms with Crippen molar-refractivity contribution in [1.82, 2.24) is 15.3 Å². The molecule has 1 heterocycles. The number of nitrogens with zero attached hydrogens (tertiary/aromatic N) is 3. The molecule has 202 valence electrons. The average molecular weight is 517 g/mol. The van der Waals surface area contributed by atoms with Gasteiger partial charge in [-0.2, -0.15) is 10.2 Å². The van der Waals surface area contributed by atoms with Gasteiger partial charge in [-0.25, -0.2) is 4.98 Å². The molecule has 5 fully saturated rings. The number of methoxy groups -OCH3 is 1. The van der Waals surface area contributed by atoms with Crippen molar-refractivity contribution in [3.8, 4) is 11.8 Å². The maximum Gasteiger partial charge on any atom is 0.224 e. The van der Waals surface area contributed by atoms with E-state index in [-0.39, 0.29) is 11.5 Å². The van der Waals surface area contributed by atoms with Gasteiger partial charge in [0.05, 0.1) is 19.4 Å². The van der Waals surface area contributed by atoms with Gasteiger partial charge in [-0.1, -0.05) is 18.2 Å². The Labute approximate surface area is 225 Å². The second-order valence-corrected chi connectivity index (χ2v) is 12.3. The van der Waals surface area contributed by atoms with E-state index in [0.717, 1.165) is 61.3 Å². The molecule has 4 N–H and O–H groups in total. The Morgan fingerprint density at radius 3 is 2.58 bits per heavy atom. The molecule has 0 aliphatic heterocycles. The topological polar surface area (TPSA) is 115 Å². The highest BCUT2D eigenvalue weighted by Gasteiger charge is 2.55. The molecule has 8 heteroatoms. The Morgan fingerprint density at radius 2 is 1.84 bits per heavy atom. The Morgan fingerprint density at radius 1 is 1.08 bits per heavy atom. The van der Waals surface area contributed by atoms with Crippen LogP contribution < -0.4 is 20.7 Å². The molecule has 0 spiro atoms. The first-order valence-electron chi connectivity index (χ1n) is 14.3. The molecule has 0 saturated heterocycles. The van der Waals surface area contributed by atoms with Gasteiger partial charge < -0.3 is 25.8 Å². The molecule has 7 rings (SSSR count). The SMILES string of the molecule is COc1ccccc1CNc1ncc(C#N)c(NC[C@]23CC4C[C@H](C2)[C@@H](N[C@H]2CC[C@H](O)CC2)[C@@H](C4)C3)n1. The molecule has 5 aliphatic carbocycles. The van der Waals surface area contributed by atoms with Crippen LogP contribution in [0.1, 0.15) is 68.9 Å². The fourth-order valence-electron chi connectivity index (χ4n) is 8.17. The molecule has 0 amide bonds. The van der Waals surface area contributed by atoms with Crippen molar-refractivity contribution in [1.29, 1.82) is 5.26 Å². The fourth-order valence-corrected chi connectivity index (χ4v) is 8.17. The van der Waals surface area contributed by atoms with Crippen LogP contribution in [0.4, 0.5) is 11.8 Å². The van der Waals surface area contributed by atoms with E-state index in [1.807, 2.05) is 24.3 Å². The molecular formula is C30H40N6O2. The lowest BCUT2D eigenvalue weighted by Crippen LogP contribution is -2.61. The Balaban J connectivity index is 1.10. The molecule has 0 radical (unpaired) electrons. The van der Waals surface area contributed by atoms with Gasteiger partial charge in [0.15, 0.2) is 0 Å². The highest BCUT2D eigenvalue weighted by molar-refractivity contribution is 5.53. The van der Waals surface area contributed by atoms with Gasteiger partial charge in [0, 0.05) is 30.7 Å². The van der Waals surface area contributed by atoms with Crippen molar-refractivity contribution in [3.05, 3.63) is 41.6 Å². The number of nitrogens with one attached hydrogen (secondary N) is 3. The monoisotopic (exact) mass is 516 g/mol. The maximum atomic E-state index is 9.91. The average Bonchev–Trinajstić information content (AvgIpc) is 2.93. The quantitative estimate of drug-likeness (QED) is 0.386. The van der Waals surface area contributed by atoms with Crippen LogP contribution in [-0.2, 0) is 6.54 Å². The van der Waals surface area contributed by atoms with Crippen molar-refractivity contribution < 1.29 is 9.84 Å². The van der Waals surface area contributed by atoms with Crippen LogP contribution in [0.5, 0.6) is 5.75 Å². The first-order chi connectivity index (χ1) is 18.5. The van der Waals surface area contributed by atoms with Gasteiger partial charge in [0.2, 0.25) is 5.95 Å². The summed E-state index contributed by atoms with van der Waals surface area (Å²) in [5, 5.41) is 30.6. The number of para-hydroxylation sites is 1. The lowest BCUT2D eigenvalue weighted by atomic mass is 9.47. The summed E-state index contributed by atoms with van der Waals surface area (Å²) in [5.74, 6) is 4.23. The molecular weight excluding hydrogens is 476 g/mol. The number of rotatable bonds is 9. The highest BCUT2D eigenvalue weighted by Crippen LogP contribution is 2.60. The number of nitriles is 1. The summed E-state index contributed by atoms with van der Waals surface area (Å²) in [7, 11) is 1.67. The predicted octanol–water partition coefficient (Wildman–Crippen LogP) is 4.47. The molecule has 5 saturated carbocycles. The van der Waals surface area contributed by atoms with Crippen LogP contribution in [0, 0.1) is 34.5 Å². The van der Waals surface area contributed by atoms with E-state index in [1.165, 1.54) is 32.1 Å². The van der Waals surface area contributed by atoms with Crippen molar-refractivity contribution in [2.45, 2.75) is 82.5 Å². The van der Waals surface area contributed by atoms with E-state index in [0.29, 0.717) is 36.0 Å². The van der Waals surface area contributed by atoms with E-state index in [4.69, 9.17) is 9.72 Å². The summed E-state index contributed by atoms with van der Waals surface area (Å²) in [4.78, 5) is 9.08. The zero-order valence-electron chi connectivity index (χ0n) is 22.3. The molecule has 2 aromatic rings. The lowest BCUT2D eigenvalue weighted by molar-refractivity contribution is -0.0737. The second-order valence-electron chi connectivity index (χ2n) is 12.3. The minimum atomic E-state index is -0.0992. The number of aliphatic hydroxyl groups excluding tert-OH is 1. The number of aliphatic hydroxyl groups is 1. The summed E-state index contributed by atoms with van der Waals surface area (Å²) in [6.45, 7) is 1.40. The zero-order chi connectivity index (χ0) is 26.1. The Kier molecular flexibility index (Phi) is 7.15. The number of ether oxygens (including phenoxy) is 1. The van der Waals surface area contributed by atoms with Crippen molar-refractivity contribution in [2.24, 2.45) is 23.2 Å². The highest BCUT2D eigenvalue weighted by atomic mass is 16.5. The number of hydrogen-bond acceptors (Lipinski definition) is 8. The standard InChI is InChI=1S/C30H40N6O2/c1-38-26-5-3-2-4-20(26)16-32-29-33-17-23(15-31)28(36-29)34-18-30-12-19-10-21(13-30)27(22(11-19)14-30)35-24-6-8-25(37)9-7-24/h2-5,17,19,21-22,24-25,27,35,37H,6-14,16,18H2,1H3,(H2,32,33,34,36)/t19?,21-,22+,24-,25-,27-,30-. The van der Waals surface area contributed by atoms with Gasteiger partial charge in [-0.05, 0) is 87.0 Å². The lowest BCUT2D eigenvalue weighted by Gasteiger charge is -2.61. The summed E-state index contributed by atoms with van der Waals surface area (Å²) < 4.78 is 5.45. The minimum absolute atomic E-state index is 0.0992. The van der Waals surface area contributed by atoms with E-state index >= 15 is 0 Å². The molecule has 5 aliphatic rings. The van der Waals surface area contributed by atoms with Crippen molar-refractivity contribution in [2.75, 3.05) is 24.3 Å². The largest absolute Gasteiger partial charge is 0.496 e. The van der Waals surface area contributed by atoms with Gasteiger partial charge >= 0.3 is 0 Å². The number of hydrogen-bond donors (Lipinski definition) is 4. The van der Waals surface area contributed by atoms with Crippen LogP contribution in [-0.4, -0.2) is 46.9 Å². The van der Waals surface area contributed by atoms with Crippen LogP contribution in [0.25, 0.3) is 0 Å². The maximum absolute atomic E-state index is 9.91. The van der Waals surface area contributed by atoms with Crippen molar-refractivity contribution >= 4 is 11.8 Å². The van der Waals surface area contributed by atoms with Crippen LogP contribution in [0.3, 0.4) is 0 Å². The molecule has 8 nitrogen and oxygen atoms in total. The van der Waals surface area contributed by atoms with Crippen LogP contribution in [0.2, 0.25) is 0 Å². The van der Waals surface area contributed by atoms with E-state index < -0.39 is 0 Å². The fraction of sp³-hybridized carbons (Fsp3) is 0.633. The molecule has 1 unspecified atom stereocenters. The van der Waals surface area contributed by atoms with Gasteiger partial charge in [0.1, 0.15) is 23.2 Å². The van der Waals surface area contributed by atoms with Crippen molar-refractivity contribution in [3.63, 3.8) is 0 Å². The summed E-state index contributed by atoms with van der Waals surface area (Å²) in [6, 6.07) is 11.3. The summed E-state index contributed by atoms with van der Waals surface area (Å²) in [5.41, 5.74) is 1.79. The van der Waals surface area contributed by atoms with Crippen LogP contribution in [0.15, 0.2) is 30.5 Å². The van der Waals surface area contributed by atoms with E-state index in [1.54, 1.807) is 13.3 Å². The molecule has 5 atom stereocenters. The van der Waals surface area contributed by atoms with Crippen LogP contribution >= 0.6 is 0 Å². The Hall–Kier alpha value is -2.89. The van der Waals surface area contributed by atoms with E-state index in [2.05, 4.69) is 27.0 Å². The molecule has 4 bridgehead atoms. The summed E-state index contributed by atoms with van der Waals surface area (Å²) in [6.07, 6.45) is 12.0. The van der Waals surface area contributed by atoms with Gasteiger partial charge in [-0.3, -0.25) is 0 Å². The first kappa shape index (κ1) is 25.4.